The number of aliphatic hydroxyl groups excluding tert-OH is 1. The highest BCUT2D eigenvalue weighted by Gasteiger charge is 1.97. The van der Waals surface area contributed by atoms with Crippen LogP contribution in [0, 0.1) is 0 Å². The maximum Gasteiger partial charge on any atom is 0.120 e. The molecule has 0 aliphatic carbocycles. The zero-order valence-corrected chi connectivity index (χ0v) is 9.47. The van der Waals surface area contributed by atoms with Gasteiger partial charge in [-0.3, -0.25) is 0 Å². The lowest BCUT2D eigenvalue weighted by atomic mass is 10.2. The Morgan fingerprint density at radius 2 is 2.00 bits per heavy atom. The van der Waals surface area contributed by atoms with Crippen molar-refractivity contribution in [2.24, 2.45) is 0 Å². The molecule has 0 spiro atoms. The zero-order chi connectivity index (χ0) is 11.3. The molecule has 2 heteroatoms. The van der Waals surface area contributed by atoms with Crippen LogP contribution >= 0.6 is 0 Å². The summed E-state index contributed by atoms with van der Waals surface area (Å²) < 4.78 is 5.57. The van der Waals surface area contributed by atoms with E-state index in [0.29, 0.717) is 0 Å². The average molecular weight is 206 g/mol. The molecular formula is C13H18O2. The van der Waals surface area contributed by atoms with E-state index in [0.717, 1.165) is 11.3 Å². The minimum atomic E-state index is -0.417. The third-order valence-electron chi connectivity index (χ3n) is 1.80. The molecule has 0 aliphatic heterocycles. The first-order valence-electron chi connectivity index (χ1n) is 5.21. The Balaban J connectivity index is 2.74. The molecular weight excluding hydrogens is 188 g/mol. The predicted octanol–water partition coefficient (Wildman–Crippen LogP) is 2.87. The van der Waals surface area contributed by atoms with Crippen LogP contribution in [0.1, 0.15) is 26.3 Å². The second kappa shape index (κ2) is 5.56. The van der Waals surface area contributed by atoms with Crippen molar-refractivity contribution in [1.29, 1.82) is 0 Å². The molecule has 2 nitrogen and oxygen atoms in total. The van der Waals surface area contributed by atoms with E-state index in [1.165, 1.54) is 0 Å². The molecule has 15 heavy (non-hydrogen) atoms. The van der Waals surface area contributed by atoms with Crippen molar-refractivity contribution in [3.63, 3.8) is 0 Å². The summed E-state index contributed by atoms with van der Waals surface area (Å²) in [4.78, 5) is 0. The first kappa shape index (κ1) is 11.8. The molecule has 1 rings (SSSR count). The molecule has 1 N–H and O–H groups in total. The van der Waals surface area contributed by atoms with Crippen LogP contribution in [0.15, 0.2) is 30.3 Å². The van der Waals surface area contributed by atoms with Crippen LogP contribution in [0.5, 0.6) is 5.75 Å². The van der Waals surface area contributed by atoms with E-state index in [2.05, 4.69) is 0 Å². The largest absolute Gasteiger partial charge is 0.491 e. The molecule has 1 aromatic rings. The van der Waals surface area contributed by atoms with Crippen LogP contribution in [0.25, 0.3) is 6.08 Å². The van der Waals surface area contributed by atoms with Crippen molar-refractivity contribution < 1.29 is 9.84 Å². The molecule has 0 saturated carbocycles. The van der Waals surface area contributed by atoms with Crippen LogP contribution in [0.3, 0.4) is 0 Å². The van der Waals surface area contributed by atoms with Gasteiger partial charge in [0, 0.05) is 0 Å². The second-order valence-electron chi connectivity index (χ2n) is 3.84. The smallest absolute Gasteiger partial charge is 0.120 e. The Bertz CT molecular complexity index is 327. The third-order valence-corrected chi connectivity index (χ3v) is 1.80. The van der Waals surface area contributed by atoms with Gasteiger partial charge >= 0.3 is 0 Å². The molecule has 0 aromatic heterocycles. The van der Waals surface area contributed by atoms with Crippen LogP contribution < -0.4 is 4.74 Å². The quantitative estimate of drug-likeness (QED) is 0.820. The van der Waals surface area contributed by atoms with Gasteiger partial charge in [-0.05, 0) is 38.5 Å². The molecule has 0 heterocycles. The van der Waals surface area contributed by atoms with Crippen LogP contribution in [0.4, 0.5) is 0 Å². The van der Waals surface area contributed by atoms with Crippen LogP contribution in [-0.2, 0) is 0 Å². The van der Waals surface area contributed by atoms with Crippen molar-refractivity contribution >= 4 is 6.08 Å². The van der Waals surface area contributed by atoms with Gasteiger partial charge in [0.15, 0.2) is 0 Å². The van der Waals surface area contributed by atoms with Gasteiger partial charge in [0.25, 0.3) is 0 Å². The van der Waals surface area contributed by atoms with E-state index in [-0.39, 0.29) is 6.10 Å². The number of aliphatic hydroxyl groups is 1. The van der Waals surface area contributed by atoms with E-state index in [9.17, 15) is 0 Å². The monoisotopic (exact) mass is 206 g/mol. The Morgan fingerprint density at radius 3 is 2.60 bits per heavy atom. The van der Waals surface area contributed by atoms with E-state index in [1.54, 1.807) is 13.0 Å². The highest BCUT2D eigenvalue weighted by molar-refractivity contribution is 5.52. The summed E-state index contributed by atoms with van der Waals surface area (Å²) in [5, 5.41) is 9.11. The molecule has 0 fully saturated rings. The maximum absolute atomic E-state index is 9.11. The normalized spacial score (nSPS) is 13.4. The lowest BCUT2D eigenvalue weighted by Crippen LogP contribution is -2.05. The Kier molecular flexibility index (Phi) is 4.37. The number of hydrogen-bond donors (Lipinski definition) is 1. The first-order valence-corrected chi connectivity index (χ1v) is 5.21. The number of hydrogen-bond acceptors (Lipinski definition) is 2. The second-order valence-corrected chi connectivity index (χ2v) is 3.84. The topological polar surface area (TPSA) is 29.5 Å². The summed E-state index contributed by atoms with van der Waals surface area (Å²) >= 11 is 0. The lowest BCUT2D eigenvalue weighted by Gasteiger charge is -2.09. The molecule has 0 saturated heterocycles. The first-order chi connectivity index (χ1) is 7.08. The summed E-state index contributed by atoms with van der Waals surface area (Å²) in [7, 11) is 0. The van der Waals surface area contributed by atoms with E-state index in [4.69, 9.17) is 9.84 Å². The zero-order valence-electron chi connectivity index (χ0n) is 9.47. The molecule has 1 unspecified atom stereocenters. The average Bonchev–Trinajstić information content (AvgIpc) is 2.14. The molecule has 1 atom stereocenters. The van der Waals surface area contributed by atoms with Gasteiger partial charge < -0.3 is 9.84 Å². The lowest BCUT2D eigenvalue weighted by molar-refractivity contribution is 0.242. The van der Waals surface area contributed by atoms with E-state index < -0.39 is 6.10 Å². The van der Waals surface area contributed by atoms with Gasteiger partial charge in [-0.25, -0.2) is 0 Å². The number of benzene rings is 1. The van der Waals surface area contributed by atoms with Crippen molar-refractivity contribution in [3.8, 4) is 5.75 Å². The Hall–Kier alpha value is -1.28. The standard InChI is InChI=1S/C13H18O2/c1-10(2)15-13-6-4-5-12(9-13)8-7-11(3)14/h4-11,14H,1-3H3/b8-7+. The fraction of sp³-hybridized carbons (Fsp3) is 0.385. The van der Waals surface area contributed by atoms with Gasteiger partial charge in [0.1, 0.15) is 5.75 Å². The minimum Gasteiger partial charge on any atom is -0.491 e. The summed E-state index contributed by atoms with van der Waals surface area (Å²) in [5.41, 5.74) is 1.04. The highest BCUT2D eigenvalue weighted by atomic mass is 16.5. The molecule has 82 valence electrons. The van der Waals surface area contributed by atoms with Crippen LogP contribution in [-0.4, -0.2) is 17.3 Å². The minimum absolute atomic E-state index is 0.181. The summed E-state index contributed by atoms with van der Waals surface area (Å²) in [5.74, 6) is 0.859. The maximum atomic E-state index is 9.11. The van der Waals surface area contributed by atoms with Crippen LogP contribution in [0.2, 0.25) is 0 Å². The predicted molar refractivity (Wildman–Crippen MR) is 62.9 cm³/mol. The third kappa shape index (κ3) is 4.66. The Labute approximate surface area is 91.2 Å². The molecule has 0 amide bonds. The fourth-order valence-corrected chi connectivity index (χ4v) is 1.21. The van der Waals surface area contributed by atoms with E-state index >= 15 is 0 Å². The Morgan fingerprint density at radius 1 is 1.27 bits per heavy atom. The van der Waals surface area contributed by atoms with Crippen molar-refractivity contribution in [2.45, 2.75) is 33.0 Å². The van der Waals surface area contributed by atoms with Gasteiger partial charge in [-0.2, -0.15) is 0 Å². The van der Waals surface area contributed by atoms with Crippen molar-refractivity contribution in [1.82, 2.24) is 0 Å². The van der Waals surface area contributed by atoms with Crippen molar-refractivity contribution in [3.05, 3.63) is 35.9 Å². The molecule has 0 bridgehead atoms. The number of rotatable bonds is 4. The molecule has 0 aliphatic rings. The molecule has 1 aromatic carbocycles. The summed E-state index contributed by atoms with van der Waals surface area (Å²) in [6, 6.07) is 7.81. The van der Waals surface area contributed by atoms with Crippen molar-refractivity contribution in [2.75, 3.05) is 0 Å². The van der Waals surface area contributed by atoms with Gasteiger partial charge in [-0.15, -0.1) is 0 Å². The molecule has 0 radical (unpaired) electrons. The SMILES string of the molecule is CC(O)/C=C/c1cccc(OC(C)C)c1. The highest BCUT2D eigenvalue weighted by Crippen LogP contribution is 2.15. The summed E-state index contributed by atoms with van der Waals surface area (Å²) in [6.45, 7) is 5.72. The summed E-state index contributed by atoms with van der Waals surface area (Å²) in [6.07, 6.45) is 3.40. The fourth-order valence-electron chi connectivity index (χ4n) is 1.21. The van der Waals surface area contributed by atoms with Gasteiger partial charge in [0.2, 0.25) is 0 Å². The van der Waals surface area contributed by atoms with E-state index in [1.807, 2.05) is 44.2 Å². The van der Waals surface area contributed by atoms with Gasteiger partial charge in [0.05, 0.1) is 12.2 Å². The van der Waals surface area contributed by atoms with Gasteiger partial charge in [-0.1, -0.05) is 24.3 Å². The number of ether oxygens (including phenoxy) is 1.